The molecule has 0 heterocycles. The van der Waals surface area contributed by atoms with Gasteiger partial charge >= 0.3 is 0 Å². The molecule has 0 aromatic heterocycles. The summed E-state index contributed by atoms with van der Waals surface area (Å²) in [5.74, 6) is -1.10. The van der Waals surface area contributed by atoms with Crippen LogP contribution in [0.15, 0.2) is 0 Å². The lowest BCUT2D eigenvalue weighted by Crippen LogP contribution is -2.56. The van der Waals surface area contributed by atoms with Crippen molar-refractivity contribution in [3.8, 4) is 0 Å². The van der Waals surface area contributed by atoms with Crippen LogP contribution in [0.25, 0.3) is 0 Å². The maximum atomic E-state index is 12.8. The van der Waals surface area contributed by atoms with Crippen LogP contribution in [-0.4, -0.2) is 59.6 Å². The van der Waals surface area contributed by atoms with Crippen molar-refractivity contribution in [3.05, 3.63) is 0 Å². The summed E-state index contributed by atoms with van der Waals surface area (Å²) in [7, 11) is 3.29. The van der Waals surface area contributed by atoms with Crippen LogP contribution in [0, 0.1) is 11.3 Å². The predicted octanol–water partition coefficient (Wildman–Crippen LogP) is 1.65. The Morgan fingerprint density at radius 1 is 1.25 bits per heavy atom. The summed E-state index contributed by atoms with van der Waals surface area (Å²) in [6.07, 6.45) is 2.50. The van der Waals surface area contributed by atoms with Gasteiger partial charge in [0, 0.05) is 14.1 Å². The highest BCUT2D eigenvalue weighted by atomic mass is 16.5. The molecular weight excluding hydrogens is 310 g/mol. The molecule has 140 valence electrons. The molecule has 0 bridgehead atoms. The van der Waals surface area contributed by atoms with Crippen LogP contribution in [0.4, 0.5) is 0 Å². The van der Waals surface area contributed by atoms with Crippen molar-refractivity contribution in [1.29, 1.82) is 0 Å². The lowest BCUT2D eigenvalue weighted by atomic mass is 9.84. The summed E-state index contributed by atoms with van der Waals surface area (Å²) in [5.41, 5.74) is -0.459. The fraction of sp³-hybridized carbons (Fsp3) is 0.824. The summed E-state index contributed by atoms with van der Waals surface area (Å²) in [6.45, 7) is 9.27. The van der Waals surface area contributed by atoms with Gasteiger partial charge in [-0.15, -0.1) is 0 Å². The van der Waals surface area contributed by atoms with E-state index in [1.807, 2.05) is 27.7 Å². The minimum absolute atomic E-state index is 0.186. The first kappa shape index (κ1) is 22.4. The van der Waals surface area contributed by atoms with Crippen molar-refractivity contribution in [3.63, 3.8) is 0 Å². The third-order valence-electron chi connectivity index (χ3n) is 4.15. The molecule has 0 aliphatic carbocycles. The number of rotatable bonds is 9. The lowest BCUT2D eigenvalue weighted by molar-refractivity contribution is -0.166. The number of hydroxylamine groups is 2. The second-order valence-corrected chi connectivity index (χ2v) is 7.52. The Hall–Kier alpha value is -1.63. The third-order valence-corrected chi connectivity index (χ3v) is 4.15. The Labute approximate surface area is 145 Å². The van der Waals surface area contributed by atoms with E-state index in [9.17, 15) is 19.6 Å². The number of nitrogens with zero attached hydrogens (tertiary/aromatic N) is 2. The van der Waals surface area contributed by atoms with E-state index in [4.69, 9.17) is 0 Å². The van der Waals surface area contributed by atoms with Crippen molar-refractivity contribution in [2.45, 2.75) is 66.0 Å². The molecule has 0 radical (unpaired) electrons. The Balaban J connectivity index is 5.37. The van der Waals surface area contributed by atoms with Crippen LogP contribution >= 0.6 is 0 Å². The maximum absolute atomic E-state index is 12.8. The third kappa shape index (κ3) is 6.47. The smallest absolute Gasteiger partial charge is 0.245 e. The highest BCUT2D eigenvalue weighted by molar-refractivity contribution is 5.89. The van der Waals surface area contributed by atoms with Gasteiger partial charge in [0.25, 0.3) is 0 Å². The quantitative estimate of drug-likeness (QED) is 0.378. The van der Waals surface area contributed by atoms with Crippen LogP contribution in [0.1, 0.15) is 53.9 Å². The molecule has 7 nitrogen and oxygen atoms in total. The van der Waals surface area contributed by atoms with Crippen LogP contribution < -0.4 is 5.32 Å². The average molecular weight is 343 g/mol. The maximum Gasteiger partial charge on any atom is 0.245 e. The summed E-state index contributed by atoms with van der Waals surface area (Å²) < 4.78 is 0. The molecule has 0 spiro atoms. The SMILES string of the molecule is CCCCC(C(=O)NC(C(=O)N(C)C)C(C)(C)C)C(C)N(O)C=O. The van der Waals surface area contributed by atoms with Crippen LogP contribution in [0.3, 0.4) is 0 Å². The fourth-order valence-corrected chi connectivity index (χ4v) is 2.45. The largest absolute Gasteiger partial charge is 0.347 e. The van der Waals surface area contributed by atoms with Gasteiger partial charge in [0.05, 0.1) is 12.0 Å². The van der Waals surface area contributed by atoms with Crippen molar-refractivity contribution in [2.75, 3.05) is 14.1 Å². The zero-order chi connectivity index (χ0) is 19.1. The Kier molecular flexibility index (Phi) is 8.96. The van der Waals surface area contributed by atoms with Crippen molar-refractivity contribution >= 4 is 18.2 Å². The number of amides is 3. The number of hydrogen-bond acceptors (Lipinski definition) is 4. The van der Waals surface area contributed by atoms with Crippen LogP contribution in [0.2, 0.25) is 0 Å². The molecule has 0 aliphatic rings. The molecular formula is C17H33N3O4. The van der Waals surface area contributed by atoms with E-state index in [-0.39, 0.29) is 11.8 Å². The van der Waals surface area contributed by atoms with Gasteiger partial charge in [-0.25, -0.2) is 5.06 Å². The van der Waals surface area contributed by atoms with Gasteiger partial charge in [0.1, 0.15) is 6.04 Å². The number of carbonyl (C=O) groups excluding carboxylic acids is 3. The van der Waals surface area contributed by atoms with Gasteiger partial charge in [-0.2, -0.15) is 0 Å². The first-order valence-corrected chi connectivity index (χ1v) is 8.41. The summed E-state index contributed by atoms with van der Waals surface area (Å²) >= 11 is 0. The number of unbranched alkanes of at least 4 members (excludes halogenated alkanes) is 1. The molecule has 24 heavy (non-hydrogen) atoms. The first-order valence-electron chi connectivity index (χ1n) is 8.41. The zero-order valence-corrected chi connectivity index (χ0v) is 16.0. The van der Waals surface area contributed by atoms with Gasteiger partial charge < -0.3 is 10.2 Å². The number of likely N-dealkylation sites (N-methyl/N-ethyl adjacent to an activating group) is 1. The molecule has 7 heteroatoms. The summed E-state index contributed by atoms with van der Waals surface area (Å²) in [6, 6.07) is -1.34. The summed E-state index contributed by atoms with van der Waals surface area (Å²) in [5, 5.41) is 13.0. The molecule has 3 atom stereocenters. The van der Waals surface area contributed by atoms with Gasteiger partial charge in [0.2, 0.25) is 18.2 Å². The lowest BCUT2D eigenvalue weighted by Gasteiger charge is -2.35. The second-order valence-electron chi connectivity index (χ2n) is 7.52. The standard InChI is InChI=1S/C17H33N3O4/c1-8-9-10-13(12(2)20(24)11-21)15(22)18-14(17(3,4)5)16(23)19(6)7/h11-14,24H,8-10H2,1-7H3,(H,18,22). The summed E-state index contributed by atoms with van der Waals surface area (Å²) in [4.78, 5) is 37.4. The molecule has 0 aliphatic heterocycles. The Morgan fingerprint density at radius 3 is 2.17 bits per heavy atom. The van der Waals surface area contributed by atoms with E-state index >= 15 is 0 Å². The zero-order valence-electron chi connectivity index (χ0n) is 16.0. The Morgan fingerprint density at radius 2 is 1.79 bits per heavy atom. The minimum atomic E-state index is -0.681. The van der Waals surface area contributed by atoms with Gasteiger partial charge in [-0.1, -0.05) is 40.5 Å². The van der Waals surface area contributed by atoms with Gasteiger partial charge in [-0.3, -0.25) is 19.6 Å². The van der Waals surface area contributed by atoms with Crippen molar-refractivity contribution in [1.82, 2.24) is 15.3 Å². The minimum Gasteiger partial charge on any atom is -0.347 e. The number of hydrogen-bond donors (Lipinski definition) is 2. The van der Waals surface area contributed by atoms with Crippen LogP contribution in [-0.2, 0) is 14.4 Å². The molecule has 2 N–H and O–H groups in total. The molecule has 0 saturated heterocycles. The monoisotopic (exact) mass is 343 g/mol. The van der Waals surface area contributed by atoms with E-state index in [1.165, 1.54) is 4.90 Å². The predicted molar refractivity (Wildman–Crippen MR) is 92.2 cm³/mol. The van der Waals surface area contributed by atoms with Gasteiger partial charge in [0.15, 0.2) is 0 Å². The van der Waals surface area contributed by atoms with Gasteiger partial charge in [-0.05, 0) is 18.8 Å². The topological polar surface area (TPSA) is 90.0 Å². The molecule has 0 rings (SSSR count). The fourth-order valence-electron chi connectivity index (χ4n) is 2.45. The molecule has 3 unspecified atom stereocenters. The van der Waals surface area contributed by atoms with E-state index in [0.717, 1.165) is 12.8 Å². The number of carbonyl (C=O) groups is 3. The van der Waals surface area contributed by atoms with Crippen molar-refractivity contribution < 1.29 is 19.6 Å². The average Bonchev–Trinajstić information content (AvgIpc) is 2.49. The van der Waals surface area contributed by atoms with E-state index < -0.39 is 23.4 Å². The Bertz CT molecular complexity index is 432. The highest BCUT2D eigenvalue weighted by Gasteiger charge is 2.37. The first-order chi connectivity index (χ1) is 11.0. The number of nitrogens with one attached hydrogen (secondary N) is 1. The molecule has 0 saturated carbocycles. The normalized spacial score (nSPS) is 15.2. The molecule has 3 amide bonds. The second kappa shape index (κ2) is 9.61. The molecule has 0 fully saturated rings. The van der Waals surface area contributed by atoms with Crippen LogP contribution in [0.5, 0.6) is 0 Å². The van der Waals surface area contributed by atoms with Crippen molar-refractivity contribution in [2.24, 2.45) is 11.3 Å². The van der Waals surface area contributed by atoms with E-state index in [0.29, 0.717) is 17.9 Å². The molecule has 0 aromatic rings. The molecule has 0 aromatic carbocycles. The highest BCUT2D eigenvalue weighted by Crippen LogP contribution is 2.23. The van der Waals surface area contributed by atoms with E-state index in [2.05, 4.69) is 5.32 Å². The van der Waals surface area contributed by atoms with E-state index in [1.54, 1.807) is 21.0 Å².